The molecule has 0 radical (unpaired) electrons. The molecule has 178 valence electrons. The van der Waals surface area contributed by atoms with Gasteiger partial charge in [0.25, 0.3) is 11.5 Å². The lowest BCUT2D eigenvalue weighted by molar-refractivity contribution is -0.121. The third-order valence-corrected chi connectivity index (χ3v) is 5.08. The van der Waals surface area contributed by atoms with E-state index in [1.54, 1.807) is 62.4 Å². The molecule has 0 unspecified atom stereocenters. The second kappa shape index (κ2) is 11.2. The number of ether oxygens (including phenoxy) is 1. The van der Waals surface area contributed by atoms with E-state index in [4.69, 9.17) is 4.74 Å². The van der Waals surface area contributed by atoms with Crippen LogP contribution in [0, 0.1) is 0 Å². The largest absolute Gasteiger partial charge is 0.494 e. The number of ketones is 1. The predicted octanol–water partition coefficient (Wildman–Crippen LogP) is 3.19. The normalized spacial score (nSPS) is 10.8. The van der Waals surface area contributed by atoms with Crippen molar-refractivity contribution in [3.63, 3.8) is 0 Å². The number of nitrogens with zero attached hydrogens (tertiary/aromatic N) is 2. The molecule has 0 spiro atoms. The van der Waals surface area contributed by atoms with Gasteiger partial charge in [-0.25, -0.2) is 4.68 Å². The highest BCUT2D eigenvalue weighted by Crippen LogP contribution is 2.15. The SMILES string of the molecule is CCCOc1ccc(C(=O)CCC(=O)NNC(=O)c2nn(C(C)C)c(=O)c3ccccc23)cc1. The summed E-state index contributed by atoms with van der Waals surface area (Å²) in [5, 5.41) is 4.94. The van der Waals surface area contributed by atoms with Crippen molar-refractivity contribution in [2.24, 2.45) is 0 Å². The standard InChI is InChI=1S/C25H28N4O5/c1-4-15-34-18-11-9-17(10-12-18)21(30)13-14-22(31)26-27-24(32)23-19-7-5-6-8-20(19)25(33)29(28-23)16(2)3/h5-12,16H,4,13-15H2,1-3H3,(H,26,31)(H,27,32). The third kappa shape index (κ3) is 5.86. The van der Waals surface area contributed by atoms with Crippen molar-refractivity contribution < 1.29 is 19.1 Å². The zero-order valence-corrected chi connectivity index (χ0v) is 19.5. The first-order chi connectivity index (χ1) is 16.3. The molecule has 2 N–H and O–H groups in total. The Bertz CT molecular complexity index is 1250. The highest BCUT2D eigenvalue weighted by Gasteiger charge is 2.18. The van der Waals surface area contributed by atoms with Crippen LogP contribution < -0.4 is 21.1 Å². The van der Waals surface area contributed by atoms with Gasteiger partial charge in [-0.3, -0.25) is 30.0 Å². The molecule has 2 aromatic carbocycles. The van der Waals surface area contributed by atoms with Crippen LogP contribution in [-0.2, 0) is 4.79 Å². The van der Waals surface area contributed by atoms with E-state index in [2.05, 4.69) is 16.0 Å². The Morgan fingerprint density at radius 1 is 0.971 bits per heavy atom. The summed E-state index contributed by atoms with van der Waals surface area (Å²) in [7, 11) is 0. The summed E-state index contributed by atoms with van der Waals surface area (Å²) in [4.78, 5) is 49.9. The van der Waals surface area contributed by atoms with Crippen molar-refractivity contribution in [3.05, 3.63) is 70.1 Å². The van der Waals surface area contributed by atoms with Crippen LogP contribution in [0.25, 0.3) is 10.8 Å². The van der Waals surface area contributed by atoms with Crippen LogP contribution in [0.1, 0.15) is 66.9 Å². The fourth-order valence-electron chi connectivity index (χ4n) is 3.30. The number of carbonyl (C=O) groups excluding carboxylic acids is 3. The van der Waals surface area contributed by atoms with Crippen LogP contribution in [0.5, 0.6) is 5.75 Å². The minimum Gasteiger partial charge on any atom is -0.494 e. The molecule has 0 saturated carbocycles. The van der Waals surface area contributed by atoms with Gasteiger partial charge in [0.2, 0.25) is 5.91 Å². The number of aromatic nitrogens is 2. The van der Waals surface area contributed by atoms with Crippen molar-refractivity contribution in [2.45, 2.75) is 46.1 Å². The summed E-state index contributed by atoms with van der Waals surface area (Å²) in [6.45, 7) is 6.18. The molecule has 0 aliphatic heterocycles. The monoisotopic (exact) mass is 464 g/mol. The lowest BCUT2D eigenvalue weighted by atomic mass is 10.1. The number of nitrogens with one attached hydrogen (secondary N) is 2. The summed E-state index contributed by atoms with van der Waals surface area (Å²) in [5.74, 6) is -0.692. The van der Waals surface area contributed by atoms with Gasteiger partial charge in [-0.2, -0.15) is 5.10 Å². The Morgan fingerprint density at radius 2 is 1.65 bits per heavy atom. The molecule has 3 rings (SSSR count). The molecule has 9 heteroatoms. The first-order valence-electron chi connectivity index (χ1n) is 11.2. The van der Waals surface area contributed by atoms with E-state index < -0.39 is 11.8 Å². The number of amides is 2. The Hall–Kier alpha value is -4.01. The average Bonchev–Trinajstić information content (AvgIpc) is 2.85. The molecule has 1 heterocycles. The van der Waals surface area contributed by atoms with E-state index in [1.807, 2.05) is 6.92 Å². The quantitative estimate of drug-likeness (QED) is 0.371. The van der Waals surface area contributed by atoms with E-state index in [0.29, 0.717) is 28.7 Å². The molecule has 34 heavy (non-hydrogen) atoms. The van der Waals surface area contributed by atoms with Crippen LogP contribution in [0.2, 0.25) is 0 Å². The Morgan fingerprint density at radius 3 is 2.29 bits per heavy atom. The number of benzene rings is 2. The van der Waals surface area contributed by atoms with Crippen LogP contribution in [0.15, 0.2) is 53.3 Å². The van der Waals surface area contributed by atoms with Crippen LogP contribution >= 0.6 is 0 Å². The van der Waals surface area contributed by atoms with Gasteiger partial charge in [-0.15, -0.1) is 0 Å². The summed E-state index contributed by atoms with van der Waals surface area (Å²) < 4.78 is 6.73. The van der Waals surface area contributed by atoms with E-state index >= 15 is 0 Å². The van der Waals surface area contributed by atoms with Crippen LogP contribution in [0.4, 0.5) is 0 Å². The summed E-state index contributed by atoms with van der Waals surface area (Å²) in [6, 6.07) is 13.2. The molecular weight excluding hydrogens is 436 g/mol. The van der Waals surface area contributed by atoms with Gasteiger partial charge in [-0.05, 0) is 50.6 Å². The number of rotatable bonds is 9. The van der Waals surface area contributed by atoms with Gasteiger partial charge in [0, 0.05) is 23.8 Å². The van der Waals surface area contributed by atoms with Crippen molar-refractivity contribution in [1.29, 1.82) is 0 Å². The van der Waals surface area contributed by atoms with Gasteiger partial charge in [0.15, 0.2) is 11.5 Å². The van der Waals surface area contributed by atoms with E-state index in [0.717, 1.165) is 6.42 Å². The fourth-order valence-corrected chi connectivity index (χ4v) is 3.30. The Labute approximate surface area is 197 Å². The van der Waals surface area contributed by atoms with Crippen LogP contribution in [0.3, 0.4) is 0 Å². The Balaban J connectivity index is 1.59. The van der Waals surface area contributed by atoms with Crippen molar-refractivity contribution in [2.75, 3.05) is 6.61 Å². The van der Waals surface area contributed by atoms with Crippen molar-refractivity contribution in [3.8, 4) is 5.75 Å². The van der Waals surface area contributed by atoms with E-state index in [9.17, 15) is 19.2 Å². The highest BCUT2D eigenvalue weighted by atomic mass is 16.5. The summed E-state index contributed by atoms with van der Waals surface area (Å²) in [5.41, 5.74) is 4.83. The molecule has 0 bridgehead atoms. The first-order valence-corrected chi connectivity index (χ1v) is 11.2. The maximum atomic E-state index is 12.7. The number of hydrazine groups is 1. The number of carbonyl (C=O) groups is 3. The Kier molecular flexibility index (Phi) is 8.13. The van der Waals surface area contributed by atoms with E-state index in [-0.39, 0.29) is 35.9 Å². The zero-order chi connectivity index (χ0) is 24.7. The van der Waals surface area contributed by atoms with Gasteiger partial charge in [-0.1, -0.05) is 25.1 Å². The second-order valence-corrected chi connectivity index (χ2v) is 8.04. The van der Waals surface area contributed by atoms with Gasteiger partial charge in [0.1, 0.15) is 5.75 Å². The smallest absolute Gasteiger partial charge is 0.290 e. The zero-order valence-electron chi connectivity index (χ0n) is 19.5. The lowest BCUT2D eigenvalue weighted by Crippen LogP contribution is -2.43. The first kappa shape index (κ1) is 24.6. The number of hydrogen-bond acceptors (Lipinski definition) is 6. The molecule has 1 aromatic heterocycles. The number of fused-ring (bicyclic) bond motifs is 1. The number of hydrogen-bond donors (Lipinski definition) is 2. The second-order valence-electron chi connectivity index (χ2n) is 8.04. The topological polar surface area (TPSA) is 119 Å². The summed E-state index contributed by atoms with van der Waals surface area (Å²) >= 11 is 0. The average molecular weight is 465 g/mol. The molecule has 0 atom stereocenters. The highest BCUT2D eigenvalue weighted by molar-refractivity contribution is 6.05. The molecular formula is C25H28N4O5. The molecule has 2 amide bonds. The van der Waals surface area contributed by atoms with Gasteiger partial charge in [0.05, 0.1) is 18.0 Å². The molecule has 0 aliphatic rings. The minimum absolute atomic E-state index is 0.0176. The fraction of sp³-hybridized carbons (Fsp3) is 0.320. The predicted molar refractivity (Wildman–Crippen MR) is 128 cm³/mol. The van der Waals surface area contributed by atoms with Gasteiger partial charge >= 0.3 is 0 Å². The van der Waals surface area contributed by atoms with Crippen molar-refractivity contribution >= 4 is 28.4 Å². The molecule has 0 saturated heterocycles. The van der Waals surface area contributed by atoms with Crippen LogP contribution in [-0.4, -0.2) is 34.0 Å². The molecule has 0 aliphatic carbocycles. The molecule has 9 nitrogen and oxygen atoms in total. The maximum Gasteiger partial charge on any atom is 0.290 e. The lowest BCUT2D eigenvalue weighted by Gasteiger charge is -2.13. The van der Waals surface area contributed by atoms with Crippen molar-refractivity contribution in [1.82, 2.24) is 20.6 Å². The summed E-state index contributed by atoms with van der Waals surface area (Å²) in [6.07, 6.45) is 0.767. The number of Topliss-reactive ketones (excluding diaryl/α,β-unsaturated/α-hetero) is 1. The maximum absolute atomic E-state index is 12.7. The minimum atomic E-state index is -0.659. The third-order valence-electron chi connectivity index (χ3n) is 5.08. The van der Waals surface area contributed by atoms with Gasteiger partial charge < -0.3 is 4.74 Å². The van der Waals surface area contributed by atoms with E-state index in [1.165, 1.54) is 4.68 Å². The molecule has 3 aromatic rings. The molecule has 0 fully saturated rings.